The van der Waals surface area contributed by atoms with E-state index in [0.29, 0.717) is 12.1 Å². The van der Waals surface area contributed by atoms with E-state index >= 15 is 0 Å². The average Bonchev–Trinajstić information content (AvgIpc) is 2.61. The largest absolute Gasteiger partial charge is 0.487 e. The molecule has 0 radical (unpaired) electrons. The summed E-state index contributed by atoms with van der Waals surface area (Å²) in [5.74, 6) is 5.64. The average molecular weight is 411 g/mol. The Morgan fingerprint density at radius 3 is 2.61 bits per heavy atom. The molecule has 4 atom stereocenters. The van der Waals surface area contributed by atoms with Crippen molar-refractivity contribution >= 4 is 10.0 Å². The Balaban J connectivity index is 2.61. The van der Waals surface area contributed by atoms with Crippen LogP contribution in [0.25, 0.3) is 0 Å². The Bertz CT molecular complexity index is 842. The highest BCUT2D eigenvalue weighted by atomic mass is 32.2. The molecule has 1 aromatic carbocycles. The van der Waals surface area contributed by atoms with Crippen LogP contribution in [-0.2, 0) is 10.0 Å². The molecule has 7 nitrogen and oxygen atoms in total. The molecule has 0 aliphatic carbocycles. The lowest BCUT2D eigenvalue weighted by atomic mass is 10.0. The first kappa shape index (κ1) is 22.7. The number of rotatable bonds is 4. The zero-order chi connectivity index (χ0) is 21.1. The van der Waals surface area contributed by atoms with Crippen LogP contribution in [0.15, 0.2) is 23.1 Å². The minimum absolute atomic E-state index is 0.0612. The number of benzene rings is 1. The number of hydrogen-bond donors (Lipinski definition) is 2. The van der Waals surface area contributed by atoms with Crippen molar-refractivity contribution in [3.05, 3.63) is 23.8 Å². The van der Waals surface area contributed by atoms with Crippen LogP contribution in [-0.4, -0.2) is 79.9 Å². The van der Waals surface area contributed by atoms with Crippen LogP contribution in [0.4, 0.5) is 0 Å². The highest BCUT2D eigenvalue weighted by Crippen LogP contribution is 2.34. The maximum absolute atomic E-state index is 13.3. The summed E-state index contributed by atoms with van der Waals surface area (Å²) in [7, 11) is 0.0217. The molecule has 0 saturated carbocycles. The normalized spacial score (nSPS) is 24.1. The van der Waals surface area contributed by atoms with Gasteiger partial charge in [-0.15, -0.1) is 0 Å². The van der Waals surface area contributed by atoms with Gasteiger partial charge in [0.15, 0.2) is 0 Å². The fraction of sp³-hybridized carbons (Fsp3) is 0.600. The first-order chi connectivity index (χ1) is 13.1. The molecule has 2 rings (SSSR count). The van der Waals surface area contributed by atoms with Crippen molar-refractivity contribution in [3.8, 4) is 17.6 Å². The number of ether oxygens (including phenoxy) is 1. The standard InChI is InChI=1S/C20H30N2O5S/c1-14-11-22(15(2)13-23)28(25,26)20-9-8-17(7-6-16(3)24)10-18(20)27-19(14)12-21(4)5/h8-10,14-16,19,23-24H,11-13H2,1-5H3/t14-,15-,16+,19-/m0/s1. The van der Waals surface area contributed by atoms with Gasteiger partial charge < -0.3 is 19.8 Å². The highest BCUT2D eigenvalue weighted by molar-refractivity contribution is 7.89. The maximum Gasteiger partial charge on any atom is 0.247 e. The van der Waals surface area contributed by atoms with Gasteiger partial charge in [0.05, 0.1) is 6.61 Å². The lowest BCUT2D eigenvalue weighted by Gasteiger charge is -2.37. The second kappa shape index (κ2) is 9.25. The molecule has 1 aliphatic rings. The van der Waals surface area contributed by atoms with Gasteiger partial charge in [-0.3, -0.25) is 0 Å². The molecule has 1 heterocycles. The summed E-state index contributed by atoms with van der Waals surface area (Å²) in [6.45, 7) is 5.80. The molecule has 0 unspecified atom stereocenters. The van der Waals surface area contributed by atoms with Crippen LogP contribution >= 0.6 is 0 Å². The Kier molecular flexibility index (Phi) is 7.48. The highest BCUT2D eigenvalue weighted by Gasteiger charge is 2.37. The van der Waals surface area contributed by atoms with Crippen molar-refractivity contribution in [3.63, 3.8) is 0 Å². The quantitative estimate of drug-likeness (QED) is 0.712. The van der Waals surface area contributed by atoms with Crippen LogP contribution < -0.4 is 4.74 Å². The minimum atomic E-state index is -3.85. The van der Waals surface area contributed by atoms with E-state index in [-0.39, 0.29) is 35.8 Å². The van der Waals surface area contributed by atoms with Gasteiger partial charge >= 0.3 is 0 Å². The molecule has 1 aromatic rings. The van der Waals surface area contributed by atoms with Gasteiger partial charge in [-0.25, -0.2) is 8.42 Å². The van der Waals surface area contributed by atoms with Crippen molar-refractivity contribution in [1.29, 1.82) is 0 Å². The minimum Gasteiger partial charge on any atom is -0.487 e. The zero-order valence-electron chi connectivity index (χ0n) is 17.1. The van der Waals surface area contributed by atoms with Crippen molar-refractivity contribution in [2.45, 2.75) is 43.9 Å². The molecule has 0 spiro atoms. The smallest absolute Gasteiger partial charge is 0.247 e. The van der Waals surface area contributed by atoms with Gasteiger partial charge in [-0.05, 0) is 46.1 Å². The second-order valence-corrected chi connectivity index (χ2v) is 9.47. The third-order valence-electron chi connectivity index (χ3n) is 4.64. The van der Waals surface area contributed by atoms with Gasteiger partial charge in [0, 0.05) is 30.6 Å². The van der Waals surface area contributed by atoms with Crippen LogP contribution in [0, 0.1) is 17.8 Å². The van der Waals surface area contributed by atoms with E-state index in [0.717, 1.165) is 0 Å². The Morgan fingerprint density at radius 1 is 1.36 bits per heavy atom. The van der Waals surface area contributed by atoms with E-state index < -0.39 is 22.2 Å². The predicted molar refractivity (Wildman–Crippen MR) is 108 cm³/mol. The summed E-state index contributed by atoms with van der Waals surface area (Å²) in [6, 6.07) is 4.14. The van der Waals surface area contributed by atoms with Crippen molar-refractivity contribution < 1.29 is 23.4 Å². The van der Waals surface area contributed by atoms with Crippen molar-refractivity contribution in [1.82, 2.24) is 9.21 Å². The first-order valence-electron chi connectivity index (χ1n) is 9.34. The molecule has 1 aliphatic heterocycles. The third kappa shape index (κ3) is 5.25. The van der Waals surface area contributed by atoms with Crippen molar-refractivity contribution in [2.24, 2.45) is 5.92 Å². The number of aliphatic hydroxyl groups is 2. The zero-order valence-corrected chi connectivity index (χ0v) is 17.9. The van der Waals surface area contributed by atoms with E-state index in [2.05, 4.69) is 11.8 Å². The summed E-state index contributed by atoms with van der Waals surface area (Å²) < 4.78 is 34.1. The number of aliphatic hydroxyl groups excluding tert-OH is 2. The number of hydrogen-bond acceptors (Lipinski definition) is 6. The monoisotopic (exact) mass is 410 g/mol. The maximum atomic E-state index is 13.3. The molecular weight excluding hydrogens is 380 g/mol. The third-order valence-corrected chi connectivity index (χ3v) is 6.66. The van der Waals surface area contributed by atoms with Gasteiger partial charge in [0.2, 0.25) is 10.0 Å². The summed E-state index contributed by atoms with van der Waals surface area (Å²) in [5, 5.41) is 19.0. The lowest BCUT2D eigenvalue weighted by molar-refractivity contribution is 0.0812. The molecule has 0 bridgehead atoms. The molecule has 156 valence electrons. The summed E-state index contributed by atoms with van der Waals surface area (Å²) in [4.78, 5) is 2.06. The van der Waals surface area contributed by atoms with E-state index in [9.17, 15) is 18.6 Å². The Labute approximate surface area is 168 Å². The summed E-state index contributed by atoms with van der Waals surface area (Å²) in [6.07, 6.45) is -1.02. The van der Waals surface area contributed by atoms with E-state index in [1.807, 2.05) is 25.9 Å². The molecule has 0 fully saturated rings. The first-order valence-corrected chi connectivity index (χ1v) is 10.8. The lowest BCUT2D eigenvalue weighted by Crippen LogP contribution is -2.49. The Morgan fingerprint density at radius 2 is 2.04 bits per heavy atom. The SMILES string of the molecule is C[C@@H](O)C#Cc1ccc2c(c1)O[C@@H](CN(C)C)[C@@H](C)CN([C@@H](C)CO)S2(=O)=O. The molecule has 28 heavy (non-hydrogen) atoms. The van der Waals surface area contributed by atoms with Crippen LogP contribution in [0.5, 0.6) is 5.75 Å². The predicted octanol–water partition coefficient (Wildman–Crippen LogP) is 0.749. The molecule has 0 saturated heterocycles. The van der Waals surface area contributed by atoms with Gasteiger partial charge in [-0.1, -0.05) is 18.8 Å². The van der Waals surface area contributed by atoms with Gasteiger partial charge in [-0.2, -0.15) is 4.31 Å². The topological polar surface area (TPSA) is 90.3 Å². The molecule has 0 amide bonds. The van der Waals surface area contributed by atoms with Crippen LogP contribution in [0.1, 0.15) is 26.3 Å². The molecule has 0 aromatic heterocycles. The number of fused-ring (bicyclic) bond motifs is 1. The van der Waals surface area contributed by atoms with Crippen molar-refractivity contribution in [2.75, 3.05) is 33.8 Å². The van der Waals surface area contributed by atoms with Crippen LogP contribution in [0.3, 0.4) is 0 Å². The second-order valence-electron chi connectivity index (χ2n) is 7.61. The number of nitrogens with zero attached hydrogens (tertiary/aromatic N) is 2. The Hall–Kier alpha value is -1.63. The van der Waals surface area contributed by atoms with Gasteiger partial charge in [0.25, 0.3) is 0 Å². The number of sulfonamides is 1. The van der Waals surface area contributed by atoms with E-state index in [4.69, 9.17) is 4.74 Å². The van der Waals surface area contributed by atoms with E-state index in [1.54, 1.807) is 26.0 Å². The number of likely N-dealkylation sites (N-methyl/N-ethyl adjacent to an activating group) is 1. The van der Waals surface area contributed by atoms with E-state index in [1.165, 1.54) is 10.4 Å². The summed E-state index contributed by atoms with van der Waals surface area (Å²) in [5.41, 5.74) is 0.563. The fourth-order valence-electron chi connectivity index (χ4n) is 3.07. The molecule has 2 N–H and O–H groups in total. The fourth-order valence-corrected chi connectivity index (χ4v) is 4.89. The summed E-state index contributed by atoms with van der Waals surface area (Å²) >= 11 is 0. The van der Waals surface area contributed by atoms with Gasteiger partial charge in [0.1, 0.15) is 22.9 Å². The molecule has 8 heteroatoms. The molecular formula is C20H30N2O5S. The van der Waals surface area contributed by atoms with Crippen LogP contribution in [0.2, 0.25) is 0 Å².